The molecule has 6 nitrogen and oxygen atoms in total. The highest BCUT2D eigenvalue weighted by molar-refractivity contribution is 5.67. The van der Waals surface area contributed by atoms with E-state index < -0.39 is 5.97 Å². The van der Waals surface area contributed by atoms with Gasteiger partial charge in [-0.05, 0) is 25.5 Å². The van der Waals surface area contributed by atoms with Crippen molar-refractivity contribution in [1.29, 1.82) is 0 Å². The first-order chi connectivity index (χ1) is 12.7. The number of hydrogen-bond acceptors (Lipinski definition) is 5. The summed E-state index contributed by atoms with van der Waals surface area (Å²) in [6.45, 7) is 6.82. The van der Waals surface area contributed by atoms with E-state index in [-0.39, 0.29) is 12.5 Å². The summed E-state index contributed by atoms with van der Waals surface area (Å²) < 4.78 is 11.4. The Balaban J connectivity index is 1.56. The predicted molar refractivity (Wildman–Crippen MR) is 99.5 cm³/mol. The van der Waals surface area contributed by atoms with Crippen LogP contribution in [-0.2, 0) is 16.1 Å². The zero-order valence-corrected chi connectivity index (χ0v) is 15.4. The normalized spacial score (nSPS) is 22.2. The molecule has 0 spiro atoms. The third-order valence-corrected chi connectivity index (χ3v) is 5.27. The molecule has 0 unspecified atom stereocenters. The number of nitrogens with zero attached hydrogens (tertiary/aromatic N) is 2. The second-order valence-electron chi connectivity index (χ2n) is 7.13. The molecular weight excluding hydrogens is 332 g/mol. The van der Waals surface area contributed by atoms with Crippen LogP contribution in [0.3, 0.4) is 0 Å². The Morgan fingerprint density at radius 2 is 2.00 bits per heavy atom. The van der Waals surface area contributed by atoms with Gasteiger partial charge in [-0.2, -0.15) is 0 Å². The highest BCUT2D eigenvalue weighted by atomic mass is 16.5. The number of para-hydroxylation sites is 1. The highest BCUT2D eigenvalue weighted by Gasteiger charge is 2.25. The minimum absolute atomic E-state index is 0.127. The molecule has 2 heterocycles. The number of piperidine rings is 1. The maximum Gasteiger partial charge on any atom is 0.304 e. The number of rotatable bonds is 8. The standard InChI is InChI=1S/C20H30N2O4/c23-20(24)15-18-6-3-4-8-22(18)16-17-5-1-2-7-19(17)26-14-11-21-9-12-25-13-10-21/h1-2,5,7,18H,3-4,6,8-16H2,(H,23,24)/t18-/m1/s1. The Kier molecular flexibility index (Phi) is 7.29. The third-order valence-electron chi connectivity index (χ3n) is 5.27. The van der Waals surface area contributed by atoms with Gasteiger partial charge in [0.15, 0.2) is 0 Å². The van der Waals surface area contributed by atoms with Crippen molar-refractivity contribution in [2.75, 3.05) is 46.0 Å². The van der Waals surface area contributed by atoms with Gasteiger partial charge >= 0.3 is 5.97 Å². The molecule has 1 aromatic rings. The summed E-state index contributed by atoms with van der Waals surface area (Å²) in [5, 5.41) is 9.18. The molecule has 2 fully saturated rings. The van der Waals surface area contributed by atoms with Crippen molar-refractivity contribution in [3.05, 3.63) is 29.8 Å². The highest BCUT2D eigenvalue weighted by Crippen LogP contribution is 2.26. The molecule has 0 radical (unpaired) electrons. The van der Waals surface area contributed by atoms with Crippen molar-refractivity contribution in [3.63, 3.8) is 0 Å². The van der Waals surface area contributed by atoms with Crippen LogP contribution in [0.15, 0.2) is 24.3 Å². The molecule has 2 saturated heterocycles. The zero-order valence-electron chi connectivity index (χ0n) is 15.4. The van der Waals surface area contributed by atoms with E-state index in [1.807, 2.05) is 18.2 Å². The number of carbonyl (C=O) groups is 1. The lowest BCUT2D eigenvalue weighted by Gasteiger charge is -2.35. The molecule has 0 bridgehead atoms. The SMILES string of the molecule is O=C(O)C[C@H]1CCCCN1Cc1ccccc1OCCN1CCOCC1. The van der Waals surface area contributed by atoms with Crippen LogP contribution in [0.25, 0.3) is 0 Å². The third kappa shape index (κ3) is 5.69. The second-order valence-corrected chi connectivity index (χ2v) is 7.13. The van der Waals surface area contributed by atoms with Crippen LogP contribution in [0.5, 0.6) is 5.75 Å². The number of aliphatic carboxylic acids is 1. The lowest BCUT2D eigenvalue weighted by molar-refractivity contribution is -0.138. The van der Waals surface area contributed by atoms with E-state index >= 15 is 0 Å². The Bertz CT molecular complexity index is 575. The molecular formula is C20H30N2O4. The molecule has 0 aromatic heterocycles. The minimum Gasteiger partial charge on any atom is -0.492 e. The van der Waals surface area contributed by atoms with Gasteiger partial charge in [0, 0.05) is 37.8 Å². The molecule has 0 aliphatic carbocycles. The second kappa shape index (κ2) is 9.90. The van der Waals surface area contributed by atoms with Crippen molar-refractivity contribution in [1.82, 2.24) is 9.80 Å². The average molecular weight is 362 g/mol. The molecule has 0 saturated carbocycles. The Labute approximate surface area is 155 Å². The summed E-state index contributed by atoms with van der Waals surface area (Å²) in [7, 11) is 0. The van der Waals surface area contributed by atoms with E-state index in [0.29, 0.717) is 6.61 Å². The van der Waals surface area contributed by atoms with Gasteiger partial charge in [0.05, 0.1) is 19.6 Å². The number of carboxylic acids is 1. The van der Waals surface area contributed by atoms with Gasteiger partial charge < -0.3 is 14.6 Å². The molecule has 144 valence electrons. The molecule has 1 N–H and O–H groups in total. The van der Waals surface area contributed by atoms with Gasteiger partial charge in [-0.1, -0.05) is 24.6 Å². The quantitative estimate of drug-likeness (QED) is 0.765. The van der Waals surface area contributed by atoms with Crippen LogP contribution in [0, 0.1) is 0 Å². The largest absolute Gasteiger partial charge is 0.492 e. The average Bonchev–Trinajstić information content (AvgIpc) is 2.65. The summed E-state index contributed by atoms with van der Waals surface area (Å²) >= 11 is 0. The van der Waals surface area contributed by atoms with Gasteiger partial charge in [0.25, 0.3) is 0 Å². The minimum atomic E-state index is -0.711. The van der Waals surface area contributed by atoms with E-state index in [4.69, 9.17) is 9.47 Å². The number of carboxylic acid groups (broad SMARTS) is 1. The van der Waals surface area contributed by atoms with Crippen molar-refractivity contribution < 1.29 is 19.4 Å². The number of likely N-dealkylation sites (tertiary alicyclic amines) is 1. The van der Waals surface area contributed by atoms with Crippen molar-refractivity contribution in [2.45, 2.75) is 38.3 Å². The maximum absolute atomic E-state index is 11.2. The summed E-state index contributed by atoms with van der Waals surface area (Å²) in [5.41, 5.74) is 1.15. The van der Waals surface area contributed by atoms with E-state index in [9.17, 15) is 9.90 Å². The summed E-state index contributed by atoms with van der Waals surface area (Å²) in [6, 6.07) is 8.27. The van der Waals surface area contributed by atoms with E-state index in [2.05, 4.69) is 15.9 Å². The van der Waals surface area contributed by atoms with Gasteiger partial charge in [0.2, 0.25) is 0 Å². The van der Waals surface area contributed by atoms with Gasteiger partial charge in [-0.15, -0.1) is 0 Å². The lowest BCUT2D eigenvalue weighted by atomic mass is 9.98. The van der Waals surface area contributed by atoms with Crippen LogP contribution in [0.2, 0.25) is 0 Å². The first-order valence-corrected chi connectivity index (χ1v) is 9.69. The maximum atomic E-state index is 11.2. The van der Waals surface area contributed by atoms with E-state index in [1.165, 1.54) is 0 Å². The van der Waals surface area contributed by atoms with Crippen LogP contribution in [0.1, 0.15) is 31.2 Å². The number of ether oxygens (including phenoxy) is 2. The smallest absolute Gasteiger partial charge is 0.304 e. The van der Waals surface area contributed by atoms with Crippen LogP contribution < -0.4 is 4.74 Å². The van der Waals surface area contributed by atoms with E-state index in [0.717, 1.165) is 76.5 Å². The summed E-state index contributed by atoms with van der Waals surface area (Å²) in [5.74, 6) is 0.206. The molecule has 1 atom stereocenters. The molecule has 2 aliphatic heterocycles. The van der Waals surface area contributed by atoms with Crippen LogP contribution in [-0.4, -0.2) is 72.9 Å². The Morgan fingerprint density at radius 3 is 2.81 bits per heavy atom. The molecule has 0 amide bonds. The molecule has 3 rings (SSSR count). The first kappa shape index (κ1) is 19.1. The fourth-order valence-corrected chi connectivity index (χ4v) is 3.80. The monoisotopic (exact) mass is 362 g/mol. The molecule has 6 heteroatoms. The van der Waals surface area contributed by atoms with Crippen molar-refractivity contribution in [2.24, 2.45) is 0 Å². The van der Waals surface area contributed by atoms with Gasteiger partial charge in [-0.25, -0.2) is 0 Å². The van der Waals surface area contributed by atoms with Crippen molar-refractivity contribution >= 4 is 5.97 Å². The fourth-order valence-electron chi connectivity index (χ4n) is 3.80. The topological polar surface area (TPSA) is 62.2 Å². The first-order valence-electron chi connectivity index (χ1n) is 9.69. The van der Waals surface area contributed by atoms with Crippen molar-refractivity contribution in [3.8, 4) is 5.75 Å². The zero-order chi connectivity index (χ0) is 18.2. The van der Waals surface area contributed by atoms with E-state index in [1.54, 1.807) is 0 Å². The Morgan fingerprint density at radius 1 is 1.19 bits per heavy atom. The number of benzene rings is 1. The molecule has 26 heavy (non-hydrogen) atoms. The number of hydrogen-bond donors (Lipinski definition) is 1. The fraction of sp³-hybridized carbons (Fsp3) is 0.650. The lowest BCUT2D eigenvalue weighted by Crippen LogP contribution is -2.40. The Hall–Kier alpha value is -1.63. The summed E-state index contributed by atoms with van der Waals surface area (Å²) in [4.78, 5) is 15.8. The predicted octanol–water partition coefficient (Wildman–Crippen LogP) is 2.23. The number of morpholine rings is 1. The van der Waals surface area contributed by atoms with Gasteiger partial charge in [-0.3, -0.25) is 14.6 Å². The molecule has 2 aliphatic rings. The molecule has 1 aromatic carbocycles. The van der Waals surface area contributed by atoms with Crippen LogP contribution in [0.4, 0.5) is 0 Å². The van der Waals surface area contributed by atoms with Crippen LogP contribution >= 0.6 is 0 Å². The van der Waals surface area contributed by atoms with Gasteiger partial charge in [0.1, 0.15) is 12.4 Å². The summed E-state index contributed by atoms with van der Waals surface area (Å²) in [6.07, 6.45) is 3.44.